The number of hydrogen-bond donors (Lipinski definition) is 1. The Morgan fingerprint density at radius 3 is 2.42 bits per heavy atom. The molecule has 0 spiro atoms. The van der Waals surface area contributed by atoms with Gasteiger partial charge in [-0.1, -0.05) is 54.1 Å². The molecule has 0 aliphatic heterocycles. The Bertz CT molecular complexity index is 756. The summed E-state index contributed by atoms with van der Waals surface area (Å²) in [6, 6.07) is 16.4. The lowest BCUT2D eigenvalue weighted by Gasteiger charge is -2.12. The van der Waals surface area contributed by atoms with Crippen LogP contribution < -0.4 is 0 Å². The molecule has 0 saturated carbocycles. The fourth-order valence-electron chi connectivity index (χ4n) is 2.39. The number of benzene rings is 2. The van der Waals surface area contributed by atoms with E-state index < -0.39 is 5.97 Å². The summed E-state index contributed by atoms with van der Waals surface area (Å²) in [7, 11) is 4.07. The van der Waals surface area contributed by atoms with Crippen molar-refractivity contribution in [3.63, 3.8) is 0 Å². The Kier molecular flexibility index (Phi) is 6.10. The Morgan fingerprint density at radius 1 is 1.08 bits per heavy atom. The van der Waals surface area contributed by atoms with Gasteiger partial charge in [0, 0.05) is 12.6 Å². The zero-order chi connectivity index (χ0) is 17.5. The normalized spacial score (nSPS) is 12.1. The lowest BCUT2D eigenvalue weighted by molar-refractivity contribution is -0.131. The van der Waals surface area contributed by atoms with Crippen LogP contribution in [0.5, 0.6) is 0 Å². The van der Waals surface area contributed by atoms with Gasteiger partial charge in [-0.2, -0.15) is 0 Å². The van der Waals surface area contributed by atoms with E-state index in [1.165, 1.54) is 5.56 Å². The van der Waals surface area contributed by atoms with E-state index in [0.717, 1.165) is 34.9 Å². The van der Waals surface area contributed by atoms with Gasteiger partial charge in [0.2, 0.25) is 0 Å². The van der Waals surface area contributed by atoms with Crippen LogP contribution in [0.4, 0.5) is 0 Å². The van der Waals surface area contributed by atoms with Gasteiger partial charge in [0.05, 0.1) is 0 Å². The summed E-state index contributed by atoms with van der Waals surface area (Å²) < 4.78 is 0. The second-order valence-electron chi connectivity index (χ2n) is 6.04. The monoisotopic (exact) mass is 321 g/mol. The summed E-state index contributed by atoms with van der Waals surface area (Å²) in [5, 5.41) is 8.80. The van der Waals surface area contributed by atoms with E-state index >= 15 is 0 Å². The minimum absolute atomic E-state index is 0.832. The van der Waals surface area contributed by atoms with Crippen LogP contribution in [0.2, 0.25) is 0 Å². The molecule has 0 amide bonds. The molecule has 2 rings (SSSR count). The first-order valence-electron chi connectivity index (χ1n) is 7.89. The van der Waals surface area contributed by atoms with Crippen molar-refractivity contribution in [1.82, 2.24) is 4.90 Å². The predicted octanol–water partition coefficient (Wildman–Crippen LogP) is 4.09. The first-order valence-corrected chi connectivity index (χ1v) is 7.89. The molecular formula is C21H23NO2. The van der Waals surface area contributed by atoms with Gasteiger partial charge >= 0.3 is 5.97 Å². The van der Waals surface area contributed by atoms with Crippen LogP contribution in [0.15, 0.2) is 60.7 Å². The maximum absolute atomic E-state index is 10.7. The highest BCUT2D eigenvalue weighted by atomic mass is 16.4. The third-order valence-electron chi connectivity index (χ3n) is 3.64. The topological polar surface area (TPSA) is 40.5 Å². The Labute approximate surface area is 143 Å². The van der Waals surface area contributed by atoms with Crippen LogP contribution in [-0.4, -0.2) is 36.6 Å². The number of carboxylic acids is 1. The maximum Gasteiger partial charge on any atom is 0.328 e. The highest BCUT2D eigenvalue weighted by Crippen LogP contribution is 2.25. The van der Waals surface area contributed by atoms with Gasteiger partial charge in [-0.15, -0.1) is 0 Å². The molecule has 0 heterocycles. The maximum atomic E-state index is 10.7. The molecule has 0 saturated heterocycles. The van der Waals surface area contributed by atoms with E-state index in [1.54, 1.807) is 6.08 Å². The summed E-state index contributed by atoms with van der Waals surface area (Å²) in [5.41, 5.74) is 5.48. The van der Waals surface area contributed by atoms with E-state index in [9.17, 15) is 4.79 Å². The van der Waals surface area contributed by atoms with Gasteiger partial charge in [-0.3, -0.25) is 0 Å². The molecule has 0 unspecified atom stereocenters. The van der Waals surface area contributed by atoms with Gasteiger partial charge < -0.3 is 10.0 Å². The van der Waals surface area contributed by atoms with Crippen LogP contribution >= 0.6 is 0 Å². The van der Waals surface area contributed by atoms with E-state index in [4.69, 9.17) is 5.11 Å². The zero-order valence-corrected chi connectivity index (χ0v) is 14.4. The molecule has 124 valence electrons. The van der Waals surface area contributed by atoms with Crippen molar-refractivity contribution in [2.24, 2.45) is 0 Å². The standard InChI is InChI=1S/C21H23NO2/c1-16-7-10-18(11-8-16)20(13-14-22(2)3)19-6-4-5-17(15-19)9-12-21(23)24/h4-13,15H,14H2,1-3H3,(H,23,24)/b12-9+,20-13+. The smallest absolute Gasteiger partial charge is 0.328 e. The molecule has 24 heavy (non-hydrogen) atoms. The van der Waals surface area contributed by atoms with Crippen LogP contribution in [0.1, 0.15) is 22.3 Å². The van der Waals surface area contributed by atoms with E-state index in [1.807, 2.05) is 32.3 Å². The summed E-state index contributed by atoms with van der Waals surface area (Å²) in [4.78, 5) is 12.8. The Morgan fingerprint density at radius 2 is 1.79 bits per heavy atom. The number of hydrogen-bond acceptors (Lipinski definition) is 2. The van der Waals surface area contributed by atoms with Gasteiger partial charge in [0.1, 0.15) is 0 Å². The molecule has 0 atom stereocenters. The second kappa shape index (κ2) is 8.27. The van der Waals surface area contributed by atoms with Crippen molar-refractivity contribution in [3.05, 3.63) is 82.9 Å². The molecule has 2 aromatic carbocycles. The van der Waals surface area contributed by atoms with Crippen molar-refractivity contribution in [2.45, 2.75) is 6.92 Å². The number of nitrogens with zero attached hydrogens (tertiary/aromatic N) is 1. The largest absolute Gasteiger partial charge is 0.478 e. The molecule has 0 aliphatic carbocycles. The van der Waals surface area contributed by atoms with Crippen LogP contribution in [0.3, 0.4) is 0 Å². The fraction of sp³-hybridized carbons (Fsp3) is 0.190. The summed E-state index contributed by atoms with van der Waals surface area (Å²) in [6.07, 6.45) is 4.98. The molecule has 0 aliphatic rings. The lowest BCUT2D eigenvalue weighted by Crippen LogP contribution is -2.11. The quantitative estimate of drug-likeness (QED) is 0.815. The molecule has 3 heteroatoms. The zero-order valence-electron chi connectivity index (χ0n) is 14.4. The van der Waals surface area contributed by atoms with Crippen LogP contribution in [0, 0.1) is 6.92 Å². The minimum Gasteiger partial charge on any atom is -0.478 e. The number of likely N-dealkylation sites (N-methyl/N-ethyl adjacent to an activating group) is 1. The van der Waals surface area contributed by atoms with Gasteiger partial charge in [0.25, 0.3) is 0 Å². The van der Waals surface area contributed by atoms with Crippen molar-refractivity contribution >= 4 is 17.6 Å². The van der Waals surface area contributed by atoms with Gasteiger partial charge in [-0.05, 0) is 55.4 Å². The fourth-order valence-corrected chi connectivity index (χ4v) is 2.39. The number of rotatable bonds is 6. The molecule has 0 aromatic heterocycles. The van der Waals surface area contributed by atoms with Crippen LogP contribution in [0.25, 0.3) is 11.6 Å². The van der Waals surface area contributed by atoms with E-state index in [-0.39, 0.29) is 0 Å². The van der Waals surface area contributed by atoms with Crippen molar-refractivity contribution in [2.75, 3.05) is 20.6 Å². The number of aliphatic carboxylic acids is 1. The van der Waals surface area contributed by atoms with Gasteiger partial charge in [-0.25, -0.2) is 4.79 Å². The average molecular weight is 321 g/mol. The minimum atomic E-state index is -0.942. The Balaban J connectivity index is 2.43. The summed E-state index contributed by atoms with van der Waals surface area (Å²) in [5.74, 6) is -0.942. The Hall–Kier alpha value is -2.65. The average Bonchev–Trinajstić information content (AvgIpc) is 2.55. The number of carbonyl (C=O) groups is 1. The SMILES string of the molecule is Cc1ccc(/C(=C\CN(C)C)c2cccc(/C=C/C(=O)O)c2)cc1. The molecule has 3 nitrogen and oxygen atoms in total. The molecule has 2 aromatic rings. The first-order chi connectivity index (χ1) is 11.5. The van der Waals surface area contributed by atoms with E-state index in [0.29, 0.717) is 0 Å². The molecule has 1 N–H and O–H groups in total. The predicted molar refractivity (Wildman–Crippen MR) is 99.9 cm³/mol. The van der Waals surface area contributed by atoms with Gasteiger partial charge in [0.15, 0.2) is 0 Å². The van der Waals surface area contributed by atoms with Crippen molar-refractivity contribution in [3.8, 4) is 0 Å². The van der Waals surface area contributed by atoms with E-state index in [2.05, 4.69) is 48.2 Å². The lowest BCUT2D eigenvalue weighted by atomic mass is 9.95. The third kappa shape index (κ3) is 5.21. The van der Waals surface area contributed by atoms with Crippen molar-refractivity contribution in [1.29, 1.82) is 0 Å². The summed E-state index contributed by atoms with van der Waals surface area (Å²) in [6.45, 7) is 2.91. The number of carboxylic acid groups (broad SMARTS) is 1. The molecular weight excluding hydrogens is 298 g/mol. The van der Waals surface area contributed by atoms with Crippen molar-refractivity contribution < 1.29 is 9.90 Å². The second-order valence-corrected chi connectivity index (χ2v) is 6.04. The highest BCUT2D eigenvalue weighted by Gasteiger charge is 2.06. The first kappa shape index (κ1) is 17.7. The molecule has 0 bridgehead atoms. The molecule has 0 fully saturated rings. The number of aryl methyl sites for hydroxylation is 1. The van der Waals surface area contributed by atoms with Crippen LogP contribution in [-0.2, 0) is 4.79 Å². The third-order valence-corrected chi connectivity index (χ3v) is 3.64. The molecule has 0 radical (unpaired) electrons. The highest BCUT2D eigenvalue weighted by molar-refractivity contribution is 5.86. The summed E-state index contributed by atoms with van der Waals surface area (Å²) >= 11 is 0.